The van der Waals surface area contributed by atoms with Gasteiger partial charge in [0.05, 0.1) is 19.8 Å². The van der Waals surface area contributed by atoms with Gasteiger partial charge < -0.3 is 15.6 Å². The fourth-order valence-electron chi connectivity index (χ4n) is 1.24. The van der Waals surface area contributed by atoms with Crippen LogP contribution in [-0.2, 0) is 0 Å². The van der Waals surface area contributed by atoms with Crippen LogP contribution in [0.15, 0.2) is 12.1 Å². The average molecular weight is 199 g/mol. The van der Waals surface area contributed by atoms with Crippen LogP contribution in [0, 0.1) is 12.7 Å². The second kappa shape index (κ2) is 4.39. The first-order valence-electron chi connectivity index (χ1n) is 4.30. The second-order valence-corrected chi connectivity index (χ2v) is 3.13. The summed E-state index contributed by atoms with van der Waals surface area (Å²) in [5.74, 6) is 0.162. The molecule has 0 aromatic heterocycles. The lowest BCUT2D eigenvalue weighted by molar-refractivity contribution is 0.264. The first kappa shape index (κ1) is 10.9. The van der Waals surface area contributed by atoms with Gasteiger partial charge in [0, 0.05) is 5.56 Å². The van der Waals surface area contributed by atoms with Crippen molar-refractivity contribution >= 4 is 0 Å². The molecule has 3 N–H and O–H groups in total. The van der Waals surface area contributed by atoms with Crippen molar-refractivity contribution in [2.24, 2.45) is 5.73 Å². The van der Waals surface area contributed by atoms with Gasteiger partial charge in [0.2, 0.25) is 0 Å². The maximum Gasteiger partial charge on any atom is 0.126 e. The van der Waals surface area contributed by atoms with Gasteiger partial charge in [0.15, 0.2) is 0 Å². The fourth-order valence-corrected chi connectivity index (χ4v) is 1.24. The van der Waals surface area contributed by atoms with Crippen LogP contribution in [0.1, 0.15) is 17.2 Å². The van der Waals surface area contributed by atoms with E-state index >= 15 is 0 Å². The number of aliphatic hydroxyl groups is 1. The van der Waals surface area contributed by atoms with Crippen LogP contribution in [-0.4, -0.2) is 18.8 Å². The van der Waals surface area contributed by atoms with Gasteiger partial charge in [-0.1, -0.05) is 0 Å². The SMILES string of the molecule is COc1cc(C)c(F)cc1C(N)CO. The molecule has 0 aliphatic carbocycles. The van der Waals surface area contributed by atoms with E-state index in [1.165, 1.54) is 13.2 Å². The van der Waals surface area contributed by atoms with Gasteiger partial charge in [-0.25, -0.2) is 4.39 Å². The summed E-state index contributed by atoms with van der Waals surface area (Å²) < 4.78 is 18.2. The van der Waals surface area contributed by atoms with Gasteiger partial charge in [-0.05, 0) is 24.6 Å². The molecule has 0 fully saturated rings. The van der Waals surface area contributed by atoms with E-state index in [2.05, 4.69) is 0 Å². The number of rotatable bonds is 3. The zero-order chi connectivity index (χ0) is 10.7. The first-order chi connectivity index (χ1) is 6.60. The summed E-state index contributed by atoms with van der Waals surface area (Å²) in [5, 5.41) is 8.87. The minimum Gasteiger partial charge on any atom is -0.496 e. The quantitative estimate of drug-likeness (QED) is 0.767. The van der Waals surface area contributed by atoms with Gasteiger partial charge in [0.25, 0.3) is 0 Å². The average Bonchev–Trinajstić information content (AvgIpc) is 2.20. The van der Waals surface area contributed by atoms with E-state index in [1.807, 2.05) is 0 Å². The normalized spacial score (nSPS) is 12.6. The molecule has 1 rings (SSSR count). The van der Waals surface area contributed by atoms with Crippen molar-refractivity contribution in [1.29, 1.82) is 0 Å². The van der Waals surface area contributed by atoms with Crippen molar-refractivity contribution in [3.63, 3.8) is 0 Å². The zero-order valence-electron chi connectivity index (χ0n) is 8.25. The Morgan fingerprint density at radius 1 is 1.57 bits per heavy atom. The molecule has 1 aromatic carbocycles. The Bertz CT molecular complexity index is 328. The lowest BCUT2D eigenvalue weighted by Gasteiger charge is -2.14. The number of halogens is 1. The Morgan fingerprint density at radius 2 is 2.21 bits per heavy atom. The molecule has 1 atom stereocenters. The third-order valence-corrected chi connectivity index (χ3v) is 2.11. The van der Waals surface area contributed by atoms with Crippen LogP contribution in [0.2, 0.25) is 0 Å². The zero-order valence-corrected chi connectivity index (χ0v) is 8.25. The number of aryl methyl sites for hydroxylation is 1. The van der Waals surface area contributed by atoms with Gasteiger partial charge >= 0.3 is 0 Å². The highest BCUT2D eigenvalue weighted by atomic mass is 19.1. The van der Waals surface area contributed by atoms with Crippen LogP contribution < -0.4 is 10.5 Å². The largest absolute Gasteiger partial charge is 0.496 e. The smallest absolute Gasteiger partial charge is 0.126 e. The summed E-state index contributed by atoms with van der Waals surface area (Å²) in [6, 6.07) is 2.26. The first-order valence-corrected chi connectivity index (χ1v) is 4.30. The van der Waals surface area contributed by atoms with E-state index in [-0.39, 0.29) is 12.4 Å². The lowest BCUT2D eigenvalue weighted by atomic mass is 10.0. The summed E-state index contributed by atoms with van der Waals surface area (Å²) in [6.45, 7) is 1.41. The number of benzene rings is 1. The van der Waals surface area contributed by atoms with E-state index in [9.17, 15) is 4.39 Å². The molecule has 4 heteroatoms. The van der Waals surface area contributed by atoms with Crippen molar-refractivity contribution in [2.45, 2.75) is 13.0 Å². The number of hydrogen-bond acceptors (Lipinski definition) is 3. The summed E-state index contributed by atoms with van der Waals surface area (Å²) in [4.78, 5) is 0. The number of methoxy groups -OCH3 is 1. The summed E-state index contributed by atoms with van der Waals surface area (Å²) in [6.07, 6.45) is 0. The minimum absolute atomic E-state index is 0.237. The molecule has 78 valence electrons. The van der Waals surface area contributed by atoms with Crippen LogP contribution in [0.4, 0.5) is 4.39 Å². The number of ether oxygens (including phenoxy) is 1. The maximum atomic E-state index is 13.2. The van der Waals surface area contributed by atoms with Gasteiger partial charge in [0.1, 0.15) is 11.6 Å². The molecule has 0 amide bonds. The topological polar surface area (TPSA) is 55.5 Å². The second-order valence-electron chi connectivity index (χ2n) is 3.13. The van der Waals surface area contributed by atoms with E-state index in [0.29, 0.717) is 16.9 Å². The highest BCUT2D eigenvalue weighted by molar-refractivity contribution is 5.40. The Kier molecular flexibility index (Phi) is 3.43. The van der Waals surface area contributed by atoms with Crippen LogP contribution >= 0.6 is 0 Å². The molecule has 0 heterocycles. The van der Waals surface area contributed by atoms with Crippen molar-refractivity contribution < 1.29 is 14.2 Å². The standard InChI is InChI=1S/C10H14FNO2/c1-6-3-10(14-2)7(4-8(6)11)9(12)5-13/h3-4,9,13H,5,12H2,1-2H3. The molecule has 0 saturated heterocycles. The van der Waals surface area contributed by atoms with E-state index in [0.717, 1.165) is 0 Å². The van der Waals surface area contributed by atoms with Crippen molar-refractivity contribution in [2.75, 3.05) is 13.7 Å². The van der Waals surface area contributed by atoms with Gasteiger partial charge in [-0.2, -0.15) is 0 Å². The molecule has 0 aliphatic heterocycles. The van der Waals surface area contributed by atoms with Crippen LogP contribution in [0.3, 0.4) is 0 Å². The summed E-state index contributed by atoms with van der Waals surface area (Å²) in [7, 11) is 1.49. The molecule has 14 heavy (non-hydrogen) atoms. The monoisotopic (exact) mass is 199 g/mol. The molecule has 1 unspecified atom stereocenters. The molecule has 3 nitrogen and oxygen atoms in total. The fraction of sp³-hybridized carbons (Fsp3) is 0.400. The van der Waals surface area contributed by atoms with Crippen molar-refractivity contribution in [1.82, 2.24) is 0 Å². The Balaban J connectivity index is 3.19. The molecular formula is C10H14FNO2. The third kappa shape index (κ3) is 2.02. The van der Waals surface area contributed by atoms with Gasteiger partial charge in [-0.15, -0.1) is 0 Å². The minimum atomic E-state index is -0.611. The van der Waals surface area contributed by atoms with E-state index in [4.69, 9.17) is 15.6 Å². The van der Waals surface area contributed by atoms with E-state index in [1.54, 1.807) is 13.0 Å². The highest BCUT2D eigenvalue weighted by Gasteiger charge is 2.13. The molecule has 0 saturated carbocycles. The molecule has 0 radical (unpaired) electrons. The summed E-state index contributed by atoms with van der Waals surface area (Å²) in [5.41, 5.74) is 6.57. The molecular weight excluding hydrogens is 185 g/mol. The van der Waals surface area contributed by atoms with E-state index < -0.39 is 6.04 Å². The predicted octanol–water partition coefficient (Wildman–Crippen LogP) is 1.13. The maximum absolute atomic E-state index is 13.2. The van der Waals surface area contributed by atoms with Gasteiger partial charge in [-0.3, -0.25) is 0 Å². The Hall–Kier alpha value is -1.13. The summed E-state index contributed by atoms with van der Waals surface area (Å²) >= 11 is 0. The Morgan fingerprint density at radius 3 is 2.71 bits per heavy atom. The highest BCUT2D eigenvalue weighted by Crippen LogP contribution is 2.26. The van der Waals surface area contributed by atoms with Crippen LogP contribution in [0.25, 0.3) is 0 Å². The Labute approximate surface area is 82.3 Å². The van der Waals surface area contributed by atoms with Crippen molar-refractivity contribution in [3.8, 4) is 5.75 Å². The predicted molar refractivity (Wildman–Crippen MR) is 51.7 cm³/mol. The van der Waals surface area contributed by atoms with Crippen LogP contribution in [0.5, 0.6) is 5.75 Å². The van der Waals surface area contributed by atoms with Crippen molar-refractivity contribution in [3.05, 3.63) is 29.1 Å². The molecule has 0 aliphatic rings. The lowest BCUT2D eigenvalue weighted by Crippen LogP contribution is -2.16. The molecule has 0 bridgehead atoms. The molecule has 0 spiro atoms. The number of aliphatic hydroxyl groups excluding tert-OH is 1. The number of nitrogens with two attached hydrogens (primary N) is 1. The third-order valence-electron chi connectivity index (χ3n) is 2.11. The molecule has 1 aromatic rings. The number of hydrogen-bond donors (Lipinski definition) is 2.